The lowest BCUT2D eigenvalue weighted by molar-refractivity contribution is 0.0950. The van der Waals surface area contributed by atoms with E-state index in [1.807, 2.05) is 25.1 Å². The number of anilines is 2. The number of piperidine rings is 1. The molecule has 2 aliphatic heterocycles. The molecule has 1 aromatic rings. The molecule has 0 bridgehead atoms. The smallest absolute Gasteiger partial charge is 0.133 e. The highest BCUT2D eigenvalue weighted by atomic mass is 16.5. The Kier molecular flexibility index (Phi) is 6.23. The first-order chi connectivity index (χ1) is 11.7. The first-order valence-corrected chi connectivity index (χ1v) is 8.84. The second kappa shape index (κ2) is 8.60. The topological polar surface area (TPSA) is 62.8 Å². The molecule has 2 aliphatic rings. The minimum atomic E-state index is 0.479. The second-order valence-corrected chi connectivity index (χ2v) is 6.89. The van der Waals surface area contributed by atoms with Crippen LogP contribution in [-0.2, 0) is 9.47 Å². The summed E-state index contributed by atoms with van der Waals surface area (Å²) in [4.78, 5) is 13.1. The Morgan fingerprint density at radius 1 is 1.17 bits per heavy atom. The molecule has 0 aliphatic carbocycles. The van der Waals surface area contributed by atoms with E-state index in [9.17, 15) is 0 Å². The standard InChI is InChI=1S/C17H29N5O2/c1-21(2)17-9-16(18-13-19-17)20-15-3-5-22(6-4-15)10-14-11-23-7-8-24-12-14/h9,13-15H,3-8,10-12H2,1-2H3,(H,18,19,20). The summed E-state index contributed by atoms with van der Waals surface area (Å²) in [5.74, 6) is 2.34. The number of nitrogens with one attached hydrogen (secondary N) is 1. The van der Waals surface area contributed by atoms with E-state index in [1.165, 1.54) is 0 Å². The Balaban J connectivity index is 1.44. The van der Waals surface area contributed by atoms with Gasteiger partial charge < -0.3 is 24.6 Å². The fourth-order valence-electron chi connectivity index (χ4n) is 3.28. The van der Waals surface area contributed by atoms with Crippen LogP contribution in [0.2, 0.25) is 0 Å². The molecule has 3 heterocycles. The monoisotopic (exact) mass is 335 g/mol. The molecule has 7 heteroatoms. The lowest BCUT2D eigenvalue weighted by Crippen LogP contribution is -2.42. The van der Waals surface area contributed by atoms with Crippen molar-refractivity contribution in [3.8, 4) is 0 Å². The van der Waals surface area contributed by atoms with Crippen molar-refractivity contribution in [2.24, 2.45) is 5.92 Å². The molecule has 0 atom stereocenters. The summed E-state index contributed by atoms with van der Waals surface area (Å²) in [5.41, 5.74) is 0. The zero-order valence-corrected chi connectivity index (χ0v) is 14.8. The van der Waals surface area contributed by atoms with E-state index in [4.69, 9.17) is 9.47 Å². The number of rotatable bonds is 5. The molecule has 0 saturated carbocycles. The van der Waals surface area contributed by atoms with Crippen molar-refractivity contribution in [3.05, 3.63) is 12.4 Å². The van der Waals surface area contributed by atoms with E-state index in [-0.39, 0.29) is 0 Å². The van der Waals surface area contributed by atoms with Gasteiger partial charge in [0.05, 0.1) is 26.4 Å². The van der Waals surface area contributed by atoms with Crippen molar-refractivity contribution in [1.82, 2.24) is 14.9 Å². The molecule has 24 heavy (non-hydrogen) atoms. The third kappa shape index (κ3) is 5.03. The Bertz CT molecular complexity index is 498. The van der Waals surface area contributed by atoms with Crippen LogP contribution in [0.5, 0.6) is 0 Å². The van der Waals surface area contributed by atoms with Crippen LogP contribution in [0.1, 0.15) is 12.8 Å². The van der Waals surface area contributed by atoms with Gasteiger partial charge >= 0.3 is 0 Å². The van der Waals surface area contributed by atoms with Gasteiger partial charge in [0, 0.05) is 51.8 Å². The van der Waals surface area contributed by atoms with Crippen LogP contribution < -0.4 is 10.2 Å². The van der Waals surface area contributed by atoms with Crippen molar-refractivity contribution in [1.29, 1.82) is 0 Å². The third-order valence-corrected chi connectivity index (χ3v) is 4.65. The van der Waals surface area contributed by atoms with E-state index in [1.54, 1.807) is 6.33 Å². The molecule has 2 saturated heterocycles. The van der Waals surface area contributed by atoms with Crippen LogP contribution >= 0.6 is 0 Å². The molecule has 0 unspecified atom stereocenters. The quantitative estimate of drug-likeness (QED) is 0.864. The molecule has 134 valence electrons. The molecule has 3 rings (SSSR count). The summed E-state index contributed by atoms with van der Waals surface area (Å²) >= 11 is 0. The van der Waals surface area contributed by atoms with Gasteiger partial charge in [-0.3, -0.25) is 0 Å². The largest absolute Gasteiger partial charge is 0.379 e. The highest BCUT2D eigenvalue weighted by molar-refractivity contribution is 5.47. The van der Waals surface area contributed by atoms with Gasteiger partial charge in [-0.15, -0.1) is 0 Å². The Morgan fingerprint density at radius 3 is 2.54 bits per heavy atom. The third-order valence-electron chi connectivity index (χ3n) is 4.65. The van der Waals surface area contributed by atoms with Crippen LogP contribution in [0.15, 0.2) is 12.4 Å². The van der Waals surface area contributed by atoms with E-state index < -0.39 is 0 Å². The maximum absolute atomic E-state index is 5.60. The summed E-state index contributed by atoms with van der Waals surface area (Å²) in [5, 5.41) is 3.56. The molecule has 2 fully saturated rings. The number of ether oxygens (including phenoxy) is 2. The number of hydrogen-bond acceptors (Lipinski definition) is 7. The first-order valence-electron chi connectivity index (χ1n) is 8.84. The normalized spacial score (nSPS) is 21.4. The fraction of sp³-hybridized carbons (Fsp3) is 0.765. The van der Waals surface area contributed by atoms with Crippen molar-refractivity contribution < 1.29 is 9.47 Å². The molecule has 0 amide bonds. The number of aromatic nitrogens is 2. The van der Waals surface area contributed by atoms with Gasteiger partial charge in [0.1, 0.15) is 18.0 Å². The molecule has 0 radical (unpaired) electrons. The SMILES string of the molecule is CN(C)c1cc(NC2CCN(CC3COCCOC3)CC2)ncn1. The summed E-state index contributed by atoms with van der Waals surface area (Å²) in [6.45, 7) is 6.41. The van der Waals surface area contributed by atoms with Gasteiger partial charge in [-0.1, -0.05) is 0 Å². The number of nitrogens with zero attached hydrogens (tertiary/aromatic N) is 4. The van der Waals surface area contributed by atoms with E-state index >= 15 is 0 Å². The van der Waals surface area contributed by atoms with Crippen LogP contribution in [-0.4, -0.2) is 81.1 Å². The Labute approximate surface area is 144 Å². The van der Waals surface area contributed by atoms with Gasteiger partial charge in [-0.25, -0.2) is 9.97 Å². The Morgan fingerprint density at radius 2 is 1.88 bits per heavy atom. The van der Waals surface area contributed by atoms with Crippen molar-refractivity contribution in [2.75, 3.05) is 70.4 Å². The lowest BCUT2D eigenvalue weighted by Gasteiger charge is -2.34. The zero-order valence-electron chi connectivity index (χ0n) is 14.8. The lowest BCUT2D eigenvalue weighted by atomic mass is 10.0. The molecule has 1 N–H and O–H groups in total. The number of hydrogen-bond donors (Lipinski definition) is 1. The summed E-state index contributed by atoms with van der Waals surface area (Å²) in [6.07, 6.45) is 3.89. The molecular formula is C17H29N5O2. The fourth-order valence-corrected chi connectivity index (χ4v) is 3.28. The van der Waals surface area contributed by atoms with Crippen LogP contribution in [0.25, 0.3) is 0 Å². The van der Waals surface area contributed by atoms with Crippen LogP contribution in [0.4, 0.5) is 11.6 Å². The van der Waals surface area contributed by atoms with Crippen molar-refractivity contribution in [2.45, 2.75) is 18.9 Å². The van der Waals surface area contributed by atoms with Gasteiger partial charge in [-0.2, -0.15) is 0 Å². The molecule has 7 nitrogen and oxygen atoms in total. The van der Waals surface area contributed by atoms with Crippen molar-refractivity contribution in [3.63, 3.8) is 0 Å². The van der Waals surface area contributed by atoms with E-state index in [0.29, 0.717) is 12.0 Å². The molecule has 0 spiro atoms. The average molecular weight is 335 g/mol. The van der Waals surface area contributed by atoms with Crippen LogP contribution in [0.3, 0.4) is 0 Å². The predicted molar refractivity (Wildman–Crippen MR) is 94.6 cm³/mol. The summed E-state index contributed by atoms with van der Waals surface area (Å²) < 4.78 is 11.2. The van der Waals surface area contributed by atoms with Gasteiger partial charge in [0.2, 0.25) is 0 Å². The molecular weight excluding hydrogens is 306 g/mol. The Hall–Kier alpha value is -1.44. The predicted octanol–water partition coefficient (Wildman–Crippen LogP) is 1.08. The second-order valence-electron chi connectivity index (χ2n) is 6.89. The van der Waals surface area contributed by atoms with E-state index in [0.717, 1.165) is 70.5 Å². The van der Waals surface area contributed by atoms with Gasteiger partial charge in [-0.05, 0) is 12.8 Å². The minimum Gasteiger partial charge on any atom is -0.379 e. The first kappa shape index (κ1) is 17.4. The highest BCUT2D eigenvalue weighted by Crippen LogP contribution is 2.18. The highest BCUT2D eigenvalue weighted by Gasteiger charge is 2.23. The van der Waals surface area contributed by atoms with Crippen LogP contribution in [0, 0.1) is 5.92 Å². The average Bonchev–Trinajstić information content (AvgIpc) is 2.85. The van der Waals surface area contributed by atoms with Gasteiger partial charge in [0.15, 0.2) is 0 Å². The molecule has 0 aromatic carbocycles. The zero-order chi connectivity index (χ0) is 16.8. The molecule has 1 aromatic heterocycles. The summed E-state index contributed by atoms with van der Waals surface area (Å²) in [7, 11) is 3.98. The van der Waals surface area contributed by atoms with Crippen molar-refractivity contribution >= 4 is 11.6 Å². The van der Waals surface area contributed by atoms with E-state index in [2.05, 4.69) is 20.2 Å². The summed E-state index contributed by atoms with van der Waals surface area (Å²) in [6, 6.07) is 2.49. The maximum Gasteiger partial charge on any atom is 0.133 e. The minimum absolute atomic E-state index is 0.479. The number of likely N-dealkylation sites (tertiary alicyclic amines) is 1. The maximum atomic E-state index is 5.60. The van der Waals surface area contributed by atoms with Gasteiger partial charge in [0.25, 0.3) is 0 Å².